The fourth-order valence-corrected chi connectivity index (χ4v) is 2.51. The van der Waals surface area contributed by atoms with Gasteiger partial charge in [-0.25, -0.2) is 8.78 Å². The minimum absolute atomic E-state index is 0.119. The number of amides is 1. The molecule has 24 heavy (non-hydrogen) atoms. The Morgan fingerprint density at radius 2 is 1.88 bits per heavy atom. The van der Waals surface area contributed by atoms with Crippen molar-refractivity contribution in [3.63, 3.8) is 0 Å². The number of anilines is 1. The second-order valence-corrected chi connectivity index (χ2v) is 5.52. The molecule has 1 fully saturated rings. The highest BCUT2D eigenvalue weighted by Gasteiger charge is 2.18. The number of ether oxygens (including phenoxy) is 2. The molecule has 2 aromatic rings. The van der Waals surface area contributed by atoms with Gasteiger partial charge in [0.1, 0.15) is 29.6 Å². The summed E-state index contributed by atoms with van der Waals surface area (Å²) in [5.74, 6) is -1.99. The molecule has 0 bridgehead atoms. The summed E-state index contributed by atoms with van der Waals surface area (Å²) in [6, 6.07) is 9.88. The highest BCUT2D eigenvalue weighted by atomic mass is 19.1. The quantitative estimate of drug-likeness (QED) is 0.906. The normalized spacial score (nSPS) is 16.8. The first-order valence-corrected chi connectivity index (χ1v) is 7.73. The minimum Gasteiger partial charge on any atom is -0.491 e. The molecule has 1 amide bonds. The molecule has 0 saturated carbocycles. The van der Waals surface area contributed by atoms with Gasteiger partial charge in [0.15, 0.2) is 0 Å². The number of nitrogens with one attached hydrogen (secondary N) is 1. The predicted octanol–water partition coefficient (Wildman–Crippen LogP) is 3.77. The van der Waals surface area contributed by atoms with Gasteiger partial charge in [0.05, 0.1) is 6.10 Å². The van der Waals surface area contributed by atoms with Crippen LogP contribution in [0.5, 0.6) is 5.75 Å². The monoisotopic (exact) mass is 333 g/mol. The van der Waals surface area contributed by atoms with Crippen LogP contribution < -0.4 is 10.1 Å². The fourth-order valence-electron chi connectivity index (χ4n) is 2.51. The Bertz CT molecular complexity index is 692. The highest BCUT2D eigenvalue weighted by molar-refractivity contribution is 6.04. The Balaban J connectivity index is 1.60. The summed E-state index contributed by atoms with van der Waals surface area (Å²) >= 11 is 0. The van der Waals surface area contributed by atoms with Gasteiger partial charge in [-0.1, -0.05) is 6.07 Å². The molecular weight excluding hydrogens is 316 g/mol. The molecule has 0 radical (unpaired) electrons. The lowest BCUT2D eigenvalue weighted by Crippen LogP contribution is -2.17. The maximum absolute atomic E-state index is 13.6. The lowest BCUT2D eigenvalue weighted by molar-refractivity contribution is 0.0679. The van der Waals surface area contributed by atoms with Crippen LogP contribution in [0.15, 0.2) is 42.5 Å². The molecule has 0 spiro atoms. The van der Waals surface area contributed by atoms with E-state index in [-0.39, 0.29) is 6.10 Å². The van der Waals surface area contributed by atoms with E-state index in [4.69, 9.17) is 9.47 Å². The van der Waals surface area contributed by atoms with Gasteiger partial charge in [0, 0.05) is 12.3 Å². The Morgan fingerprint density at radius 3 is 2.50 bits per heavy atom. The van der Waals surface area contributed by atoms with Crippen molar-refractivity contribution in [2.45, 2.75) is 18.9 Å². The van der Waals surface area contributed by atoms with Crippen molar-refractivity contribution in [1.82, 2.24) is 0 Å². The van der Waals surface area contributed by atoms with Crippen LogP contribution >= 0.6 is 0 Å². The van der Waals surface area contributed by atoms with Crippen LogP contribution in [0.4, 0.5) is 14.5 Å². The first-order chi connectivity index (χ1) is 11.6. The van der Waals surface area contributed by atoms with Crippen LogP contribution in [0.3, 0.4) is 0 Å². The van der Waals surface area contributed by atoms with Gasteiger partial charge >= 0.3 is 0 Å². The lowest BCUT2D eigenvalue weighted by Gasteiger charge is -2.12. The zero-order valence-electron chi connectivity index (χ0n) is 12.9. The Morgan fingerprint density at radius 1 is 1.17 bits per heavy atom. The predicted molar refractivity (Wildman–Crippen MR) is 85.2 cm³/mol. The lowest BCUT2D eigenvalue weighted by atomic mass is 10.1. The van der Waals surface area contributed by atoms with E-state index < -0.39 is 23.1 Å². The number of carbonyl (C=O) groups excluding carboxylic acids is 1. The Hall–Kier alpha value is -2.47. The maximum atomic E-state index is 13.6. The number of rotatable bonds is 5. The molecular formula is C18H17F2NO3. The second-order valence-electron chi connectivity index (χ2n) is 5.52. The summed E-state index contributed by atoms with van der Waals surface area (Å²) in [4.78, 5) is 12.0. The number of halogens is 2. The van der Waals surface area contributed by atoms with Gasteiger partial charge < -0.3 is 14.8 Å². The molecule has 1 atom stereocenters. The van der Waals surface area contributed by atoms with Crippen LogP contribution in [0.25, 0.3) is 0 Å². The highest BCUT2D eigenvalue weighted by Crippen LogP contribution is 2.20. The topological polar surface area (TPSA) is 47.6 Å². The number of benzene rings is 2. The van der Waals surface area contributed by atoms with E-state index in [2.05, 4.69) is 5.32 Å². The van der Waals surface area contributed by atoms with Gasteiger partial charge in [-0.3, -0.25) is 4.79 Å². The second kappa shape index (κ2) is 7.40. The third-order valence-electron chi connectivity index (χ3n) is 3.76. The molecule has 126 valence electrons. The smallest absolute Gasteiger partial charge is 0.261 e. The van der Waals surface area contributed by atoms with E-state index in [1.165, 1.54) is 6.07 Å². The van der Waals surface area contributed by atoms with Crippen molar-refractivity contribution in [3.8, 4) is 5.75 Å². The zero-order chi connectivity index (χ0) is 16.9. The molecule has 1 heterocycles. The molecule has 1 aliphatic rings. The maximum Gasteiger partial charge on any atom is 0.261 e. The van der Waals surface area contributed by atoms with Crippen molar-refractivity contribution >= 4 is 11.6 Å². The van der Waals surface area contributed by atoms with Crippen LogP contribution in [0.2, 0.25) is 0 Å². The number of hydrogen-bond donors (Lipinski definition) is 1. The van der Waals surface area contributed by atoms with Crippen LogP contribution in [-0.4, -0.2) is 25.2 Å². The van der Waals surface area contributed by atoms with Gasteiger partial charge in [0.25, 0.3) is 5.91 Å². The summed E-state index contributed by atoms with van der Waals surface area (Å²) in [6.07, 6.45) is 2.15. The fraction of sp³-hybridized carbons (Fsp3) is 0.278. The Kier molecular flexibility index (Phi) is 5.05. The van der Waals surface area contributed by atoms with E-state index in [1.54, 1.807) is 24.3 Å². The molecule has 4 nitrogen and oxygen atoms in total. The molecule has 1 saturated heterocycles. The largest absolute Gasteiger partial charge is 0.491 e. The van der Waals surface area contributed by atoms with Crippen molar-refractivity contribution < 1.29 is 23.0 Å². The van der Waals surface area contributed by atoms with Crippen LogP contribution in [0, 0.1) is 11.6 Å². The summed E-state index contributed by atoms with van der Waals surface area (Å²) in [5, 5.41) is 2.47. The number of carbonyl (C=O) groups is 1. The van der Waals surface area contributed by atoms with Crippen molar-refractivity contribution in [1.29, 1.82) is 0 Å². The first kappa shape index (κ1) is 16.4. The molecule has 1 N–H and O–H groups in total. The summed E-state index contributed by atoms with van der Waals surface area (Å²) in [5.41, 5.74) is -0.177. The average molecular weight is 333 g/mol. The van der Waals surface area contributed by atoms with Gasteiger partial charge in [-0.2, -0.15) is 0 Å². The van der Waals surface area contributed by atoms with E-state index >= 15 is 0 Å². The van der Waals surface area contributed by atoms with E-state index in [9.17, 15) is 13.6 Å². The third-order valence-corrected chi connectivity index (χ3v) is 3.76. The van der Waals surface area contributed by atoms with Gasteiger partial charge in [-0.15, -0.1) is 0 Å². The summed E-state index contributed by atoms with van der Waals surface area (Å²) < 4.78 is 38.3. The Labute approximate surface area is 138 Å². The zero-order valence-corrected chi connectivity index (χ0v) is 12.9. The van der Waals surface area contributed by atoms with Crippen LogP contribution in [-0.2, 0) is 4.74 Å². The van der Waals surface area contributed by atoms with Crippen molar-refractivity contribution in [2.75, 3.05) is 18.5 Å². The summed E-state index contributed by atoms with van der Waals surface area (Å²) in [6.45, 7) is 1.25. The molecule has 3 rings (SSSR count). The average Bonchev–Trinajstić information content (AvgIpc) is 3.07. The molecule has 2 aromatic carbocycles. The van der Waals surface area contributed by atoms with Crippen LogP contribution in [0.1, 0.15) is 23.2 Å². The SMILES string of the molecule is O=C(Nc1ccc(OC[C@H]2CCCO2)cc1)c1c(F)cccc1F. The number of hydrogen-bond acceptors (Lipinski definition) is 3. The van der Waals surface area contributed by atoms with E-state index in [0.29, 0.717) is 18.0 Å². The minimum atomic E-state index is -0.899. The van der Waals surface area contributed by atoms with Crippen molar-refractivity contribution in [3.05, 3.63) is 59.7 Å². The van der Waals surface area contributed by atoms with E-state index in [0.717, 1.165) is 31.6 Å². The van der Waals surface area contributed by atoms with E-state index in [1.807, 2.05) is 0 Å². The first-order valence-electron chi connectivity index (χ1n) is 7.73. The molecule has 0 aliphatic carbocycles. The molecule has 0 aromatic heterocycles. The van der Waals surface area contributed by atoms with Crippen molar-refractivity contribution in [2.24, 2.45) is 0 Å². The van der Waals surface area contributed by atoms with Gasteiger partial charge in [0.2, 0.25) is 0 Å². The molecule has 0 unspecified atom stereocenters. The third kappa shape index (κ3) is 3.89. The van der Waals surface area contributed by atoms with Gasteiger partial charge in [-0.05, 0) is 49.2 Å². The molecule has 1 aliphatic heterocycles. The molecule has 6 heteroatoms. The summed E-state index contributed by atoms with van der Waals surface area (Å²) in [7, 11) is 0. The standard InChI is InChI=1S/C18H17F2NO3/c19-15-4-1-5-16(20)17(15)18(22)21-12-6-8-13(9-7-12)24-11-14-3-2-10-23-14/h1,4-9,14H,2-3,10-11H2,(H,21,22)/t14-/m1/s1.